The summed E-state index contributed by atoms with van der Waals surface area (Å²) < 4.78 is 7.95. The molecule has 2 aromatic carbocycles. The lowest BCUT2D eigenvalue weighted by Crippen LogP contribution is -2.66. The highest BCUT2D eigenvalue weighted by Crippen LogP contribution is 2.36. The van der Waals surface area contributed by atoms with Crippen LogP contribution in [0.3, 0.4) is 0 Å². The van der Waals surface area contributed by atoms with Gasteiger partial charge in [-0.25, -0.2) is 0 Å². The maximum Gasteiger partial charge on any atom is 0.261 e. The van der Waals surface area contributed by atoms with Crippen molar-refractivity contribution in [1.82, 2.24) is 0 Å². The summed E-state index contributed by atoms with van der Waals surface area (Å²) in [4.78, 5) is 0. The van der Waals surface area contributed by atoms with Gasteiger partial charge >= 0.3 is 0 Å². The van der Waals surface area contributed by atoms with Gasteiger partial charge in [0.05, 0.1) is 0 Å². The van der Waals surface area contributed by atoms with Crippen molar-refractivity contribution in [3.05, 3.63) is 71.2 Å². The summed E-state index contributed by atoms with van der Waals surface area (Å²) in [5.74, 6) is 0. The summed E-state index contributed by atoms with van der Waals surface area (Å²) in [6.07, 6.45) is 3.10. The number of hydrogen-bond donors (Lipinski definition) is 0. The number of halogens is 1. The molecular weight excluding hydrogens is 376 g/mol. The molecule has 0 N–H and O–H groups in total. The molecule has 3 heteroatoms. The fourth-order valence-corrected chi connectivity index (χ4v) is 8.04. The molecule has 24 heavy (non-hydrogen) atoms. The van der Waals surface area contributed by atoms with Gasteiger partial charge in [-0.05, 0) is 33.2 Å². The van der Waals surface area contributed by atoms with E-state index in [1.54, 1.807) is 0 Å². The normalized spacial score (nSPS) is 13.1. The maximum atomic E-state index is 6.79. The highest BCUT2D eigenvalue weighted by molar-refractivity contribution is 9.11. The zero-order valence-corrected chi connectivity index (χ0v) is 17.6. The van der Waals surface area contributed by atoms with E-state index in [1.165, 1.54) is 10.4 Å². The molecule has 0 bridgehead atoms. The Morgan fingerprint density at radius 1 is 0.958 bits per heavy atom. The maximum absolute atomic E-state index is 6.79. The third kappa shape index (κ3) is 4.27. The van der Waals surface area contributed by atoms with Crippen molar-refractivity contribution in [3.63, 3.8) is 0 Å². The molecule has 0 saturated carbocycles. The highest BCUT2D eigenvalue weighted by Gasteiger charge is 2.49. The van der Waals surface area contributed by atoms with Crippen molar-refractivity contribution in [1.29, 1.82) is 0 Å². The SMILES string of the molecule is C/C(Br)=C\CCO[Si](c1ccccc1)(c1ccccc1)C(C)(C)C. The molecule has 128 valence electrons. The van der Waals surface area contributed by atoms with E-state index in [1.807, 2.05) is 0 Å². The first-order chi connectivity index (χ1) is 11.4. The highest BCUT2D eigenvalue weighted by atomic mass is 79.9. The molecule has 2 aromatic rings. The smallest absolute Gasteiger partial charge is 0.261 e. The largest absolute Gasteiger partial charge is 0.407 e. The summed E-state index contributed by atoms with van der Waals surface area (Å²) in [5, 5.41) is 2.72. The Labute approximate surface area is 156 Å². The van der Waals surface area contributed by atoms with Crippen LogP contribution in [0.2, 0.25) is 5.04 Å². The second-order valence-corrected chi connectivity index (χ2v) is 12.6. The summed E-state index contributed by atoms with van der Waals surface area (Å²) in [6, 6.07) is 21.6. The lowest BCUT2D eigenvalue weighted by Gasteiger charge is -2.43. The Hall–Kier alpha value is -1.16. The molecule has 1 nitrogen and oxygen atoms in total. The van der Waals surface area contributed by atoms with Crippen LogP contribution in [-0.4, -0.2) is 14.9 Å². The van der Waals surface area contributed by atoms with E-state index in [4.69, 9.17) is 4.43 Å². The van der Waals surface area contributed by atoms with Gasteiger partial charge in [-0.3, -0.25) is 0 Å². The number of benzene rings is 2. The van der Waals surface area contributed by atoms with Crippen LogP contribution in [-0.2, 0) is 4.43 Å². The van der Waals surface area contributed by atoms with E-state index in [2.05, 4.69) is 110 Å². The molecule has 0 spiro atoms. The first kappa shape index (κ1) is 19.2. The Bertz CT molecular complexity index is 616. The number of hydrogen-bond acceptors (Lipinski definition) is 1. The average molecular weight is 403 g/mol. The van der Waals surface area contributed by atoms with Crippen molar-refractivity contribution in [2.24, 2.45) is 0 Å². The second kappa shape index (κ2) is 8.28. The monoisotopic (exact) mass is 402 g/mol. The van der Waals surface area contributed by atoms with Gasteiger partial charge in [0.1, 0.15) is 0 Å². The van der Waals surface area contributed by atoms with E-state index in [9.17, 15) is 0 Å². The van der Waals surface area contributed by atoms with Gasteiger partial charge in [0.15, 0.2) is 0 Å². The Kier molecular flexibility index (Phi) is 6.61. The van der Waals surface area contributed by atoms with E-state index in [0.717, 1.165) is 17.5 Å². The van der Waals surface area contributed by atoms with Crippen molar-refractivity contribution in [3.8, 4) is 0 Å². The van der Waals surface area contributed by atoms with Crippen LogP contribution in [0.4, 0.5) is 0 Å². The minimum absolute atomic E-state index is 0.0445. The molecule has 0 aromatic heterocycles. The summed E-state index contributed by atoms with van der Waals surface area (Å²) in [6.45, 7) is 9.72. The average Bonchev–Trinajstić information content (AvgIpc) is 2.55. The third-order valence-electron chi connectivity index (χ3n) is 4.28. The summed E-state index contributed by atoms with van der Waals surface area (Å²) in [7, 11) is -2.37. The van der Waals surface area contributed by atoms with Crippen molar-refractivity contribution < 1.29 is 4.43 Å². The summed E-state index contributed by atoms with van der Waals surface area (Å²) in [5.41, 5.74) is 0. The Morgan fingerprint density at radius 3 is 1.79 bits per heavy atom. The van der Waals surface area contributed by atoms with Crippen molar-refractivity contribution in [2.45, 2.75) is 39.2 Å². The summed E-state index contributed by atoms with van der Waals surface area (Å²) >= 11 is 3.50. The van der Waals surface area contributed by atoms with Gasteiger partial charge in [-0.15, -0.1) is 0 Å². The zero-order chi connectivity index (χ0) is 17.6. The minimum atomic E-state index is -2.37. The first-order valence-corrected chi connectivity index (χ1v) is 11.2. The lowest BCUT2D eigenvalue weighted by atomic mass is 10.2. The van der Waals surface area contributed by atoms with Crippen LogP contribution in [0.25, 0.3) is 0 Å². The predicted molar refractivity (Wildman–Crippen MR) is 111 cm³/mol. The van der Waals surface area contributed by atoms with E-state index in [0.29, 0.717) is 0 Å². The van der Waals surface area contributed by atoms with Gasteiger partial charge in [0, 0.05) is 6.61 Å². The topological polar surface area (TPSA) is 9.23 Å². The first-order valence-electron chi connectivity index (χ1n) is 8.45. The molecule has 0 fully saturated rings. The van der Waals surface area contributed by atoms with Gasteiger partial charge in [-0.2, -0.15) is 0 Å². The molecule has 0 aliphatic rings. The van der Waals surface area contributed by atoms with Crippen LogP contribution < -0.4 is 10.4 Å². The van der Waals surface area contributed by atoms with E-state index < -0.39 is 8.32 Å². The molecular formula is C21H27BrOSi. The Balaban J connectivity index is 2.51. The molecule has 0 amide bonds. The van der Waals surface area contributed by atoms with Gasteiger partial charge < -0.3 is 4.43 Å². The zero-order valence-electron chi connectivity index (χ0n) is 15.1. The van der Waals surface area contributed by atoms with Crippen LogP contribution in [0.15, 0.2) is 71.2 Å². The molecule has 0 unspecified atom stereocenters. The molecule has 0 radical (unpaired) electrons. The van der Waals surface area contributed by atoms with Crippen LogP contribution >= 0.6 is 15.9 Å². The van der Waals surface area contributed by atoms with Crippen molar-refractivity contribution in [2.75, 3.05) is 6.61 Å². The van der Waals surface area contributed by atoms with E-state index >= 15 is 0 Å². The standard InChI is InChI=1S/C21H27BrOSi/c1-18(22)12-11-17-23-24(21(2,3)4,19-13-7-5-8-14-19)20-15-9-6-10-16-20/h5-10,12-16H,11,17H2,1-4H3/b18-12+. The number of rotatable bonds is 6. The fraction of sp³-hybridized carbons (Fsp3) is 0.333. The van der Waals surface area contributed by atoms with Gasteiger partial charge in [0.25, 0.3) is 8.32 Å². The number of allylic oxidation sites excluding steroid dienone is 1. The molecule has 2 rings (SSSR count). The molecule has 0 aliphatic heterocycles. The van der Waals surface area contributed by atoms with E-state index in [-0.39, 0.29) is 5.04 Å². The third-order valence-corrected chi connectivity index (χ3v) is 9.64. The van der Waals surface area contributed by atoms with Crippen LogP contribution in [0, 0.1) is 0 Å². The van der Waals surface area contributed by atoms with Gasteiger partial charge in [-0.1, -0.05) is 103 Å². The van der Waals surface area contributed by atoms with Crippen molar-refractivity contribution >= 4 is 34.6 Å². The van der Waals surface area contributed by atoms with Crippen LogP contribution in [0.1, 0.15) is 34.1 Å². The molecule has 0 heterocycles. The second-order valence-electron chi connectivity index (χ2n) is 7.09. The fourth-order valence-electron chi connectivity index (χ4n) is 3.23. The molecule has 0 atom stereocenters. The Morgan fingerprint density at radius 2 is 1.42 bits per heavy atom. The lowest BCUT2D eigenvalue weighted by molar-refractivity contribution is 0.304. The minimum Gasteiger partial charge on any atom is -0.407 e. The molecule has 0 saturated heterocycles. The molecule has 0 aliphatic carbocycles. The van der Waals surface area contributed by atoms with Crippen LogP contribution in [0.5, 0.6) is 0 Å². The predicted octanol–water partition coefficient (Wildman–Crippen LogP) is 5.25. The quantitative estimate of drug-likeness (QED) is 0.473. The van der Waals surface area contributed by atoms with Gasteiger partial charge in [0.2, 0.25) is 0 Å².